The van der Waals surface area contributed by atoms with Gasteiger partial charge in [-0.15, -0.1) is 0 Å². The molecule has 1 aliphatic heterocycles. The zero-order chi connectivity index (χ0) is 33.2. The average molecular weight is 680 g/mol. The summed E-state index contributed by atoms with van der Waals surface area (Å²) in [5, 5.41) is 3.53. The van der Waals surface area contributed by atoms with Crippen molar-refractivity contribution in [2.24, 2.45) is 0 Å². The number of carbonyl (C=O) groups excluding carboxylic acids is 2. The number of nitrogens with zero attached hydrogens (tertiary/aromatic N) is 1. The van der Waals surface area contributed by atoms with Crippen LogP contribution >= 0.6 is 11.6 Å². The maximum atomic E-state index is 13.9. The third kappa shape index (κ3) is 9.77. The predicted molar refractivity (Wildman–Crippen MR) is 177 cm³/mol. The molecule has 0 unspecified atom stereocenters. The number of halogens is 2. The monoisotopic (exact) mass is 679 g/mol. The molecule has 0 aromatic heterocycles. The van der Waals surface area contributed by atoms with E-state index in [1.54, 1.807) is 24.3 Å². The number of anilines is 1. The van der Waals surface area contributed by atoms with Gasteiger partial charge in [-0.05, 0) is 84.6 Å². The highest BCUT2D eigenvalue weighted by Crippen LogP contribution is 2.21. The molecular formula is C35H35ClFN3O6S. The molecule has 0 radical (unpaired) electrons. The largest absolute Gasteiger partial charge is 0.484 e. The SMILES string of the molecule is O=C(NC[C@H]1CCCO1)[C@H](Cc1ccccc1)N(Cc1ccc(Cl)cc1)C(=O)COc1ccc(S(=O)(=O)Nc2ccc(F)cc2)cc1. The number of carbonyl (C=O) groups is 2. The van der Waals surface area contributed by atoms with Crippen LogP contribution in [0.1, 0.15) is 24.0 Å². The topological polar surface area (TPSA) is 114 Å². The van der Waals surface area contributed by atoms with Gasteiger partial charge in [0.25, 0.3) is 15.9 Å². The highest BCUT2D eigenvalue weighted by atomic mass is 35.5. The second-order valence-corrected chi connectivity index (χ2v) is 13.2. The Morgan fingerprint density at radius 1 is 0.936 bits per heavy atom. The molecule has 1 aliphatic rings. The van der Waals surface area contributed by atoms with E-state index in [1.807, 2.05) is 30.3 Å². The fourth-order valence-corrected chi connectivity index (χ4v) is 6.34. The molecule has 2 amide bonds. The van der Waals surface area contributed by atoms with Gasteiger partial charge in [0.15, 0.2) is 6.61 Å². The third-order valence-electron chi connectivity index (χ3n) is 7.66. The fraction of sp³-hybridized carbons (Fsp3) is 0.257. The van der Waals surface area contributed by atoms with E-state index in [0.29, 0.717) is 18.2 Å². The summed E-state index contributed by atoms with van der Waals surface area (Å²) in [5.41, 5.74) is 1.87. The third-order valence-corrected chi connectivity index (χ3v) is 9.31. The lowest BCUT2D eigenvalue weighted by Crippen LogP contribution is -2.52. The molecule has 0 spiro atoms. The van der Waals surface area contributed by atoms with Crippen molar-refractivity contribution in [2.75, 3.05) is 24.5 Å². The Bertz CT molecular complexity index is 1740. The van der Waals surface area contributed by atoms with Crippen molar-refractivity contribution in [2.45, 2.75) is 42.8 Å². The van der Waals surface area contributed by atoms with E-state index in [0.717, 1.165) is 36.1 Å². The number of nitrogens with one attached hydrogen (secondary N) is 2. The highest BCUT2D eigenvalue weighted by molar-refractivity contribution is 7.92. The van der Waals surface area contributed by atoms with E-state index in [9.17, 15) is 22.4 Å². The smallest absolute Gasteiger partial charge is 0.261 e. The van der Waals surface area contributed by atoms with Crippen LogP contribution in [0.3, 0.4) is 0 Å². The molecule has 4 aromatic carbocycles. The van der Waals surface area contributed by atoms with Gasteiger partial charge in [0.05, 0.1) is 11.0 Å². The van der Waals surface area contributed by atoms with Gasteiger partial charge < -0.3 is 19.7 Å². The summed E-state index contributed by atoms with van der Waals surface area (Å²) in [6.45, 7) is 0.716. The quantitative estimate of drug-likeness (QED) is 0.180. The van der Waals surface area contributed by atoms with Crippen LogP contribution in [0.15, 0.2) is 108 Å². The normalized spacial score (nSPS) is 15.1. The molecule has 0 saturated carbocycles. The standard InChI is InChI=1S/C35H35ClFN3O6S/c36-27-10-8-26(9-11-27)23-40(33(21-25-5-2-1-3-6-25)35(42)38-22-31-7-4-20-45-31)34(41)24-46-30-16-18-32(19-17-30)47(43,44)39-29-14-12-28(37)13-15-29/h1-3,5-6,8-19,31,33,39H,4,7,20-24H2,(H,38,42)/t31-,33+/m1/s1. The van der Waals surface area contributed by atoms with Crippen LogP contribution < -0.4 is 14.8 Å². The summed E-state index contributed by atoms with van der Waals surface area (Å²) in [7, 11) is -3.95. The van der Waals surface area contributed by atoms with Crippen LogP contribution in [0.5, 0.6) is 5.75 Å². The van der Waals surface area contributed by atoms with Crippen LogP contribution in [0.25, 0.3) is 0 Å². The summed E-state index contributed by atoms with van der Waals surface area (Å²) >= 11 is 6.11. The molecule has 0 bridgehead atoms. The van der Waals surface area contributed by atoms with E-state index in [2.05, 4.69) is 10.0 Å². The number of amides is 2. The van der Waals surface area contributed by atoms with Crippen molar-refractivity contribution in [3.8, 4) is 5.75 Å². The van der Waals surface area contributed by atoms with Crippen LogP contribution in [0.2, 0.25) is 5.02 Å². The van der Waals surface area contributed by atoms with E-state index in [1.165, 1.54) is 41.3 Å². The minimum absolute atomic E-state index is 0.0456. The van der Waals surface area contributed by atoms with Crippen molar-refractivity contribution in [3.05, 3.63) is 125 Å². The van der Waals surface area contributed by atoms with Crippen LogP contribution in [0, 0.1) is 5.82 Å². The van der Waals surface area contributed by atoms with Crippen molar-refractivity contribution in [1.29, 1.82) is 0 Å². The molecule has 0 aliphatic carbocycles. The van der Waals surface area contributed by atoms with Crippen molar-refractivity contribution >= 4 is 39.1 Å². The highest BCUT2D eigenvalue weighted by Gasteiger charge is 2.31. The Labute approximate surface area is 278 Å². The Hall–Kier alpha value is -4.45. The number of hydrogen-bond acceptors (Lipinski definition) is 6. The molecular weight excluding hydrogens is 645 g/mol. The van der Waals surface area contributed by atoms with Gasteiger partial charge in [0.1, 0.15) is 17.6 Å². The number of sulfonamides is 1. The van der Waals surface area contributed by atoms with Gasteiger partial charge in [-0.3, -0.25) is 14.3 Å². The minimum atomic E-state index is -3.95. The van der Waals surface area contributed by atoms with Crippen LogP contribution in [-0.2, 0) is 37.3 Å². The molecule has 246 valence electrons. The maximum absolute atomic E-state index is 13.9. The first-order valence-corrected chi connectivity index (χ1v) is 17.0. The number of benzene rings is 4. The zero-order valence-corrected chi connectivity index (χ0v) is 27.1. The minimum Gasteiger partial charge on any atom is -0.484 e. The second kappa shape index (κ2) is 15.9. The van der Waals surface area contributed by atoms with E-state index >= 15 is 0 Å². The van der Waals surface area contributed by atoms with Gasteiger partial charge in [0.2, 0.25) is 5.91 Å². The van der Waals surface area contributed by atoms with Crippen molar-refractivity contribution in [3.63, 3.8) is 0 Å². The molecule has 1 saturated heterocycles. The van der Waals surface area contributed by atoms with Gasteiger partial charge in [-0.25, -0.2) is 12.8 Å². The molecule has 1 heterocycles. The first-order chi connectivity index (χ1) is 22.7. The average Bonchev–Trinajstić information content (AvgIpc) is 3.60. The van der Waals surface area contributed by atoms with Crippen molar-refractivity contribution < 1.29 is 31.9 Å². The van der Waals surface area contributed by atoms with Crippen LogP contribution in [-0.4, -0.2) is 57.0 Å². The molecule has 12 heteroatoms. The lowest BCUT2D eigenvalue weighted by atomic mass is 10.0. The first kappa shape index (κ1) is 33.9. The maximum Gasteiger partial charge on any atom is 0.261 e. The predicted octanol–water partition coefficient (Wildman–Crippen LogP) is 5.59. The first-order valence-electron chi connectivity index (χ1n) is 15.1. The molecule has 4 aromatic rings. The summed E-state index contributed by atoms with van der Waals surface area (Å²) in [6, 6.07) is 26.1. The fourth-order valence-electron chi connectivity index (χ4n) is 5.15. The molecule has 2 atom stereocenters. The summed E-state index contributed by atoms with van der Waals surface area (Å²) in [6.07, 6.45) is 1.99. The molecule has 1 fully saturated rings. The Balaban J connectivity index is 1.32. The van der Waals surface area contributed by atoms with Gasteiger partial charge in [-0.2, -0.15) is 0 Å². The number of rotatable bonds is 14. The Kier molecular flexibility index (Phi) is 11.5. The number of ether oxygens (including phenoxy) is 2. The summed E-state index contributed by atoms with van der Waals surface area (Å²) < 4.78 is 52.7. The van der Waals surface area contributed by atoms with Gasteiger partial charge in [0, 0.05) is 36.8 Å². The zero-order valence-electron chi connectivity index (χ0n) is 25.5. The molecule has 2 N–H and O–H groups in total. The number of hydrogen-bond donors (Lipinski definition) is 2. The van der Waals surface area contributed by atoms with Gasteiger partial charge >= 0.3 is 0 Å². The molecule has 9 nitrogen and oxygen atoms in total. The van der Waals surface area contributed by atoms with Crippen LogP contribution in [0.4, 0.5) is 10.1 Å². The van der Waals surface area contributed by atoms with E-state index in [-0.39, 0.29) is 41.3 Å². The van der Waals surface area contributed by atoms with Crippen molar-refractivity contribution in [1.82, 2.24) is 10.2 Å². The molecule has 5 rings (SSSR count). The Morgan fingerprint density at radius 2 is 1.64 bits per heavy atom. The van der Waals surface area contributed by atoms with E-state index in [4.69, 9.17) is 21.1 Å². The molecule has 47 heavy (non-hydrogen) atoms. The Morgan fingerprint density at radius 3 is 2.30 bits per heavy atom. The lowest BCUT2D eigenvalue weighted by Gasteiger charge is -2.31. The van der Waals surface area contributed by atoms with E-state index < -0.39 is 34.4 Å². The summed E-state index contributed by atoms with van der Waals surface area (Å²) in [4.78, 5) is 29.1. The second-order valence-electron chi connectivity index (χ2n) is 11.1. The lowest BCUT2D eigenvalue weighted by molar-refractivity contribution is -0.143. The summed E-state index contributed by atoms with van der Waals surface area (Å²) in [5.74, 6) is -0.980. The van der Waals surface area contributed by atoms with Gasteiger partial charge in [-0.1, -0.05) is 54.1 Å².